The van der Waals surface area contributed by atoms with Crippen LogP contribution in [0.15, 0.2) is 53.4 Å². The van der Waals surface area contributed by atoms with Gasteiger partial charge < -0.3 is 5.32 Å². The van der Waals surface area contributed by atoms with Gasteiger partial charge in [0.15, 0.2) is 0 Å². The van der Waals surface area contributed by atoms with Crippen molar-refractivity contribution in [2.24, 2.45) is 0 Å². The summed E-state index contributed by atoms with van der Waals surface area (Å²) in [7, 11) is -4.80. The molecule has 0 atom stereocenters. The molecule has 1 amide bonds. The summed E-state index contributed by atoms with van der Waals surface area (Å²) in [4.78, 5) is 11.4. The lowest BCUT2D eigenvalue weighted by Crippen LogP contribution is -2.18. The van der Waals surface area contributed by atoms with Crippen LogP contribution in [-0.4, -0.2) is 20.1 Å². The second-order valence-electron chi connectivity index (χ2n) is 4.83. The number of carbonyl (C=O) groups is 1. The summed E-state index contributed by atoms with van der Waals surface area (Å²) in [6.45, 7) is 0. The molecule has 2 aromatic carbocycles. The fourth-order valence-corrected chi connectivity index (χ4v) is 2.68. The standard InChI is InChI=1S/C15H10F5NO3S/c16-14(17)25(23,24)10-7-5-9(6-8-10)21-13(22)11-3-1-2-4-12(11)15(18,19)20/h1-8,14H,(H,21,22). The van der Waals surface area contributed by atoms with Gasteiger partial charge in [-0.05, 0) is 36.4 Å². The summed E-state index contributed by atoms with van der Waals surface area (Å²) in [6.07, 6.45) is -4.73. The molecule has 0 saturated carbocycles. The Labute approximate surface area is 139 Å². The van der Waals surface area contributed by atoms with Crippen molar-refractivity contribution in [3.63, 3.8) is 0 Å². The van der Waals surface area contributed by atoms with Crippen molar-refractivity contribution in [1.29, 1.82) is 0 Å². The molecule has 0 unspecified atom stereocenters. The quantitative estimate of drug-likeness (QED) is 0.818. The maximum Gasteiger partial charge on any atom is 0.417 e. The molecule has 134 valence electrons. The first kappa shape index (κ1) is 18.8. The first-order valence-electron chi connectivity index (χ1n) is 6.63. The summed E-state index contributed by atoms with van der Waals surface area (Å²) in [6, 6.07) is 7.76. The van der Waals surface area contributed by atoms with E-state index in [0.29, 0.717) is 0 Å². The molecule has 0 aliphatic carbocycles. The number of amides is 1. The van der Waals surface area contributed by atoms with Crippen LogP contribution in [0.5, 0.6) is 0 Å². The highest BCUT2D eigenvalue weighted by Gasteiger charge is 2.34. The molecule has 0 aliphatic rings. The third-order valence-corrected chi connectivity index (χ3v) is 4.55. The molecule has 2 rings (SSSR count). The van der Waals surface area contributed by atoms with Gasteiger partial charge in [-0.25, -0.2) is 8.42 Å². The normalized spacial score (nSPS) is 12.2. The topological polar surface area (TPSA) is 63.2 Å². The molecule has 4 nitrogen and oxygen atoms in total. The number of alkyl halides is 5. The number of hydrogen-bond donors (Lipinski definition) is 1. The maximum atomic E-state index is 12.9. The molecule has 0 heterocycles. The van der Waals surface area contributed by atoms with Gasteiger partial charge in [0, 0.05) is 5.69 Å². The van der Waals surface area contributed by atoms with Crippen LogP contribution in [0.25, 0.3) is 0 Å². The Morgan fingerprint density at radius 2 is 1.52 bits per heavy atom. The van der Waals surface area contributed by atoms with Gasteiger partial charge >= 0.3 is 11.9 Å². The van der Waals surface area contributed by atoms with Crippen LogP contribution in [0.2, 0.25) is 0 Å². The Morgan fingerprint density at radius 1 is 0.960 bits per heavy atom. The Kier molecular flexibility index (Phi) is 5.12. The van der Waals surface area contributed by atoms with Crippen LogP contribution >= 0.6 is 0 Å². The largest absolute Gasteiger partial charge is 0.417 e. The monoisotopic (exact) mass is 379 g/mol. The molecule has 25 heavy (non-hydrogen) atoms. The van der Waals surface area contributed by atoms with E-state index in [2.05, 4.69) is 5.32 Å². The first-order valence-corrected chi connectivity index (χ1v) is 8.18. The van der Waals surface area contributed by atoms with Crippen LogP contribution < -0.4 is 5.32 Å². The van der Waals surface area contributed by atoms with Gasteiger partial charge in [0.25, 0.3) is 5.91 Å². The number of nitrogens with one attached hydrogen (secondary N) is 1. The molecule has 0 aromatic heterocycles. The Bertz CT molecular complexity index is 877. The lowest BCUT2D eigenvalue weighted by Gasteiger charge is -2.13. The smallest absolute Gasteiger partial charge is 0.322 e. The average Bonchev–Trinajstić information content (AvgIpc) is 2.54. The third-order valence-electron chi connectivity index (χ3n) is 3.15. The zero-order valence-corrected chi connectivity index (χ0v) is 13.0. The number of benzene rings is 2. The molecule has 0 saturated heterocycles. The van der Waals surface area contributed by atoms with E-state index in [9.17, 15) is 35.2 Å². The summed E-state index contributed by atoms with van der Waals surface area (Å²) < 4.78 is 86.1. The van der Waals surface area contributed by atoms with Crippen LogP contribution in [0, 0.1) is 0 Å². The number of anilines is 1. The molecule has 0 radical (unpaired) electrons. The van der Waals surface area contributed by atoms with E-state index < -0.39 is 43.7 Å². The average molecular weight is 379 g/mol. The Hall–Kier alpha value is -2.49. The van der Waals surface area contributed by atoms with E-state index in [4.69, 9.17) is 0 Å². The fourth-order valence-electron chi connectivity index (χ4n) is 1.96. The molecule has 1 N–H and O–H groups in total. The van der Waals surface area contributed by atoms with Gasteiger partial charge in [0.05, 0.1) is 16.0 Å². The van der Waals surface area contributed by atoms with Gasteiger partial charge in [-0.1, -0.05) is 12.1 Å². The van der Waals surface area contributed by atoms with E-state index in [1.807, 2.05) is 0 Å². The second kappa shape index (κ2) is 6.79. The molecule has 10 heteroatoms. The zero-order chi connectivity index (χ0) is 18.8. The van der Waals surface area contributed by atoms with Gasteiger partial charge in [-0.2, -0.15) is 22.0 Å². The molecular formula is C15H10F5NO3S. The van der Waals surface area contributed by atoms with Crippen LogP contribution in [-0.2, 0) is 16.0 Å². The van der Waals surface area contributed by atoms with Crippen molar-refractivity contribution in [1.82, 2.24) is 0 Å². The van der Waals surface area contributed by atoms with Crippen molar-refractivity contribution in [3.8, 4) is 0 Å². The predicted octanol–water partition coefficient (Wildman–Crippen LogP) is 3.95. The van der Waals surface area contributed by atoms with Gasteiger partial charge in [-0.3, -0.25) is 4.79 Å². The summed E-state index contributed by atoms with van der Waals surface area (Å²) in [5, 5.41) is 2.16. The molecule has 0 fully saturated rings. The zero-order valence-electron chi connectivity index (χ0n) is 12.2. The van der Waals surface area contributed by atoms with Crippen LogP contribution in [0.3, 0.4) is 0 Å². The minimum absolute atomic E-state index is 0.0461. The van der Waals surface area contributed by atoms with E-state index in [-0.39, 0.29) is 5.69 Å². The molecule has 2 aromatic rings. The number of sulfone groups is 1. The van der Waals surface area contributed by atoms with Crippen LogP contribution in [0.4, 0.5) is 27.6 Å². The van der Waals surface area contributed by atoms with E-state index in [1.165, 1.54) is 6.07 Å². The van der Waals surface area contributed by atoms with Crippen LogP contribution in [0.1, 0.15) is 15.9 Å². The number of carbonyl (C=O) groups excluding carboxylic acids is 1. The molecule has 0 aliphatic heterocycles. The van der Waals surface area contributed by atoms with Gasteiger partial charge in [-0.15, -0.1) is 0 Å². The van der Waals surface area contributed by atoms with Crippen molar-refractivity contribution < 1.29 is 35.2 Å². The van der Waals surface area contributed by atoms with Crippen molar-refractivity contribution >= 4 is 21.4 Å². The number of rotatable bonds is 4. The minimum Gasteiger partial charge on any atom is -0.322 e. The minimum atomic E-state index is -4.80. The highest BCUT2D eigenvalue weighted by Crippen LogP contribution is 2.32. The van der Waals surface area contributed by atoms with E-state index >= 15 is 0 Å². The van der Waals surface area contributed by atoms with Crippen molar-refractivity contribution in [2.45, 2.75) is 16.8 Å². The lowest BCUT2D eigenvalue weighted by atomic mass is 10.1. The fraction of sp³-hybridized carbons (Fsp3) is 0.133. The Morgan fingerprint density at radius 3 is 2.04 bits per heavy atom. The van der Waals surface area contributed by atoms with E-state index in [1.54, 1.807) is 0 Å². The van der Waals surface area contributed by atoms with Gasteiger partial charge in [0.2, 0.25) is 9.84 Å². The summed E-state index contributed by atoms with van der Waals surface area (Å²) in [5.41, 5.74) is -1.81. The number of halogens is 5. The lowest BCUT2D eigenvalue weighted by molar-refractivity contribution is -0.137. The van der Waals surface area contributed by atoms with E-state index in [0.717, 1.165) is 42.5 Å². The Balaban J connectivity index is 2.26. The second-order valence-corrected chi connectivity index (χ2v) is 6.75. The predicted molar refractivity (Wildman–Crippen MR) is 79.0 cm³/mol. The maximum absolute atomic E-state index is 12.9. The number of hydrogen-bond acceptors (Lipinski definition) is 3. The molecular weight excluding hydrogens is 369 g/mol. The highest BCUT2D eigenvalue weighted by molar-refractivity contribution is 7.91. The SMILES string of the molecule is O=C(Nc1ccc(S(=O)(=O)C(F)F)cc1)c1ccccc1C(F)(F)F. The first-order chi connectivity index (χ1) is 11.5. The van der Waals surface area contributed by atoms with Gasteiger partial charge in [0.1, 0.15) is 0 Å². The summed E-state index contributed by atoms with van der Waals surface area (Å²) in [5.74, 6) is -4.68. The molecule has 0 bridgehead atoms. The molecule has 0 spiro atoms. The highest BCUT2D eigenvalue weighted by atomic mass is 32.2. The summed E-state index contributed by atoms with van der Waals surface area (Å²) >= 11 is 0. The van der Waals surface area contributed by atoms with Crippen molar-refractivity contribution in [3.05, 3.63) is 59.7 Å². The van der Waals surface area contributed by atoms with Crippen molar-refractivity contribution in [2.75, 3.05) is 5.32 Å². The third kappa shape index (κ3) is 4.13.